The number of carbonyl (C=O) groups excluding carboxylic acids is 15. The van der Waals surface area contributed by atoms with Crippen molar-refractivity contribution >= 4 is 118 Å². The van der Waals surface area contributed by atoms with E-state index in [0.29, 0.717) is 24.8 Å². The first-order valence-corrected chi connectivity index (χ1v) is 39.5. The molecule has 15 amide bonds. The minimum absolute atomic E-state index is 0.0239. The second-order valence-electron chi connectivity index (χ2n) is 29.9. The Labute approximate surface area is 672 Å². The van der Waals surface area contributed by atoms with Crippen LogP contribution in [0.3, 0.4) is 0 Å². The summed E-state index contributed by atoms with van der Waals surface area (Å²) in [6.07, 6.45) is 0.343. The smallest absolute Gasteiger partial charge is 0.326 e. The van der Waals surface area contributed by atoms with Crippen molar-refractivity contribution in [2.24, 2.45) is 57.5 Å². The van der Waals surface area contributed by atoms with Crippen LogP contribution in [0.25, 0.3) is 0 Å². The lowest BCUT2D eigenvalue weighted by Crippen LogP contribution is -2.62. The van der Waals surface area contributed by atoms with E-state index < -0.39 is 230 Å². The van der Waals surface area contributed by atoms with Crippen molar-refractivity contribution in [2.45, 2.75) is 238 Å². The van der Waals surface area contributed by atoms with E-state index in [4.69, 9.17) is 28.0 Å². The average molecular weight is 1650 g/mol. The zero-order valence-corrected chi connectivity index (χ0v) is 68.1. The maximum atomic E-state index is 14.8. The van der Waals surface area contributed by atoms with Gasteiger partial charge in [0.25, 0.3) is 0 Å². The third-order valence-electron chi connectivity index (χ3n) is 18.3. The molecule has 1 saturated heterocycles. The number of rotatable bonds is 52. The van der Waals surface area contributed by atoms with Crippen LogP contribution in [-0.2, 0) is 87.9 Å². The van der Waals surface area contributed by atoms with Crippen molar-refractivity contribution in [2.75, 3.05) is 44.9 Å². The first-order chi connectivity index (χ1) is 53.9. The number of aliphatic carboxylic acids is 2. The number of aliphatic hydroxyl groups is 2. The summed E-state index contributed by atoms with van der Waals surface area (Å²) >= 11 is 1.24. The second kappa shape index (κ2) is 50.7. The Bertz CT molecular complexity index is 3530. The molecule has 0 aromatic heterocycles. The van der Waals surface area contributed by atoms with Gasteiger partial charge in [-0.05, 0) is 118 Å². The van der Waals surface area contributed by atoms with Crippen LogP contribution in [0.15, 0.2) is 29.3 Å². The molecule has 0 saturated carbocycles. The molecule has 0 bridgehead atoms. The van der Waals surface area contributed by atoms with Crippen LogP contribution < -0.4 is 92.1 Å². The number of hydrogen-bond donors (Lipinski definition) is 22. The second-order valence-corrected chi connectivity index (χ2v) is 30.9. The van der Waals surface area contributed by atoms with E-state index in [1.807, 2.05) is 27.7 Å². The molecule has 1 aromatic carbocycles. The summed E-state index contributed by atoms with van der Waals surface area (Å²) in [6.45, 7) is 15.4. The molecular weight excluding hydrogens is 1530 g/mol. The van der Waals surface area contributed by atoms with E-state index in [2.05, 4.69) is 74.1 Å². The summed E-state index contributed by atoms with van der Waals surface area (Å²) in [7, 11) is 0. The topological polar surface area (TPSA) is 667 Å². The van der Waals surface area contributed by atoms with Crippen molar-refractivity contribution in [3.8, 4) is 5.75 Å². The Morgan fingerprint density at radius 1 is 0.530 bits per heavy atom. The van der Waals surface area contributed by atoms with Crippen molar-refractivity contribution in [1.29, 1.82) is 0 Å². The van der Waals surface area contributed by atoms with Crippen molar-refractivity contribution in [1.82, 2.24) is 74.0 Å². The van der Waals surface area contributed by atoms with Crippen LogP contribution in [0.5, 0.6) is 5.75 Å². The molecule has 0 spiro atoms. The Balaban J connectivity index is 2.38. The maximum absolute atomic E-state index is 14.8. The quantitative estimate of drug-likeness (QED) is 0.0164. The molecule has 646 valence electrons. The Morgan fingerprint density at radius 2 is 1.01 bits per heavy atom. The number of aromatic hydroxyl groups is 1. The highest BCUT2D eigenvalue weighted by atomic mass is 32.2. The highest BCUT2D eigenvalue weighted by molar-refractivity contribution is 7.98. The number of likely N-dealkylation sites (tertiary alicyclic amines) is 1. The van der Waals surface area contributed by atoms with Crippen LogP contribution in [-0.4, -0.2) is 266 Å². The number of phenolic OH excluding ortho intramolecular Hbond substituents is 1. The monoisotopic (exact) mass is 1650 g/mol. The number of phenols is 1. The summed E-state index contributed by atoms with van der Waals surface area (Å²) in [6, 6.07) is -15.2. The van der Waals surface area contributed by atoms with Crippen molar-refractivity contribution in [3.63, 3.8) is 0 Å². The fourth-order valence-corrected chi connectivity index (χ4v) is 12.3. The molecule has 1 fully saturated rings. The van der Waals surface area contributed by atoms with E-state index in [-0.39, 0.29) is 93.3 Å². The molecule has 26 N–H and O–H groups in total. The van der Waals surface area contributed by atoms with Gasteiger partial charge in [-0.1, -0.05) is 87.8 Å². The van der Waals surface area contributed by atoms with Crippen LogP contribution in [0, 0.1) is 29.6 Å². The minimum Gasteiger partial charge on any atom is -0.508 e. The lowest BCUT2D eigenvalue weighted by Gasteiger charge is -2.31. The molecule has 1 aliphatic rings. The molecule has 1 aliphatic heterocycles. The summed E-state index contributed by atoms with van der Waals surface area (Å²) < 4.78 is 0. The number of nitrogens with one attached hydrogen (secondary N) is 13. The molecule has 0 unspecified atom stereocenters. The van der Waals surface area contributed by atoms with Crippen LogP contribution >= 0.6 is 11.8 Å². The first kappa shape index (κ1) is 101. The van der Waals surface area contributed by atoms with Gasteiger partial charge in [-0.15, -0.1) is 0 Å². The van der Waals surface area contributed by atoms with Gasteiger partial charge < -0.3 is 122 Å². The highest BCUT2D eigenvalue weighted by Gasteiger charge is 2.42. The van der Waals surface area contributed by atoms with Gasteiger partial charge >= 0.3 is 11.9 Å². The number of thioether (sulfide) groups is 1. The van der Waals surface area contributed by atoms with E-state index in [1.54, 1.807) is 47.8 Å². The van der Waals surface area contributed by atoms with Crippen LogP contribution in [0.1, 0.15) is 152 Å². The van der Waals surface area contributed by atoms with Gasteiger partial charge in [0.15, 0.2) is 5.96 Å². The van der Waals surface area contributed by atoms with Crippen molar-refractivity contribution in [3.05, 3.63) is 29.8 Å². The Morgan fingerprint density at radius 3 is 1.52 bits per heavy atom. The number of carboxylic acids is 2. The molecule has 2 rings (SSSR count). The average Bonchev–Trinajstić information content (AvgIpc) is 1.78. The molecule has 0 aliphatic carbocycles. The summed E-state index contributed by atoms with van der Waals surface area (Å²) in [5, 5.41) is 81.3. The van der Waals surface area contributed by atoms with E-state index in [1.165, 1.54) is 43.0 Å². The van der Waals surface area contributed by atoms with Crippen LogP contribution in [0.4, 0.5) is 0 Å². The molecule has 115 heavy (non-hydrogen) atoms. The zero-order chi connectivity index (χ0) is 87.3. The number of aliphatic imine (C=N–C) groups is 1. The number of carboxylic acid groups (broad SMARTS) is 2. The number of nitrogens with zero attached hydrogens (tertiary/aromatic N) is 2. The fourth-order valence-electron chi connectivity index (χ4n) is 11.9. The van der Waals surface area contributed by atoms with Gasteiger partial charge in [0.05, 0.1) is 38.6 Å². The number of nitrogens with two attached hydrogens (primary N) is 4. The highest BCUT2D eigenvalue weighted by Crippen LogP contribution is 2.22. The SMILES string of the molecule is CC[C@H](C)[C@H](NC(=O)[C@H](CC(C)C)NC(=O)[C@@H](N)CC(C)C)C(=O)N[C@@H](Cc1ccc(O)cc1)C(=O)N[C@@H](CCCN=C(N)N)C(=O)N[C@@H](CCSC)C(=O)N[C@@H](CO)C(=O)N[C@@H](CC(N)=O)C(=O)N[C@@H](CC(C)C)C(=O)N[C@@H](C)C(=O)N[C@@H](CO)C(=O)NCC(=O)N[C@H](C(=O)N1CCC[C@H]1C(=O)N[C@@H](CC(=O)O)C(=O)O)C(C)C. The normalized spacial score (nSPS) is 16.2. The number of guanidine groups is 1. The van der Waals surface area contributed by atoms with E-state index in [9.17, 15) is 102 Å². The largest absolute Gasteiger partial charge is 0.508 e. The summed E-state index contributed by atoms with van der Waals surface area (Å²) in [5.74, 6) is -19.5. The number of amides is 15. The van der Waals surface area contributed by atoms with Crippen molar-refractivity contribution < 1.29 is 107 Å². The molecule has 0 radical (unpaired) electrons. The van der Waals surface area contributed by atoms with Gasteiger partial charge in [0.2, 0.25) is 88.6 Å². The van der Waals surface area contributed by atoms with E-state index in [0.717, 1.165) is 4.90 Å². The minimum atomic E-state index is -1.93. The molecule has 41 nitrogen and oxygen atoms in total. The predicted molar refractivity (Wildman–Crippen MR) is 420 cm³/mol. The Kier molecular flexibility index (Phi) is 44.3. The first-order valence-electron chi connectivity index (χ1n) is 38.1. The third-order valence-corrected chi connectivity index (χ3v) is 18.9. The molecule has 42 heteroatoms. The van der Waals surface area contributed by atoms with Gasteiger partial charge in [-0.2, -0.15) is 11.8 Å². The zero-order valence-electron chi connectivity index (χ0n) is 67.3. The molecule has 1 aromatic rings. The number of benzene rings is 1. The van der Waals surface area contributed by atoms with Gasteiger partial charge in [-0.3, -0.25) is 81.7 Å². The number of aliphatic hydroxyl groups excluding tert-OH is 2. The van der Waals surface area contributed by atoms with Gasteiger partial charge in [0, 0.05) is 19.5 Å². The molecular formula is C73H121N19O22S. The fraction of sp³-hybridized carbons (Fsp3) is 0.671. The molecule has 1 heterocycles. The van der Waals surface area contributed by atoms with Gasteiger partial charge in [0.1, 0.15) is 84.3 Å². The standard InChI is InChI=1S/C73H121N19O22S/c1-13-39(10)58(91-67(108)47(28-37(6)7)83-60(101)43(74)26-35(2)3)70(111)86-48(29-41-18-20-42(95)21-19-41)65(106)81-44(16-14-23-78-73(76)77)62(103)82-45(22-25-115-12)63(104)89-52(34-94)68(109)85-49(30-54(75)96)66(107)84-46(27-36(4)5)64(105)80-40(11)59(100)88-51(33-93)61(102)79-32-55(97)90-57(38(8)9)71(112)92-24-15-17-53(92)69(110)87-50(72(113)114)31-56(98)99/h18-21,35-40,43-53,57-58,93-95H,13-17,22-34,74H2,1-12H3,(H2,75,96)(H,79,102)(H,80,105)(H,81,106)(H,82,103)(H,83,101)(H,84,107)(H,85,109)(H,86,111)(H,87,110)(H,88,100)(H,89,104)(H,90,97)(H,91,108)(H,98,99)(H,113,114)(H4,76,77,78)/t39-,40-,43-,44-,45-,46-,47-,48-,49-,50-,51-,52-,53-,57-,58-/m0/s1. The maximum Gasteiger partial charge on any atom is 0.326 e. The predicted octanol–water partition coefficient (Wildman–Crippen LogP) is -5.73. The summed E-state index contributed by atoms with van der Waals surface area (Å²) in [4.78, 5) is 235. The Hall–Kier alpha value is -10.5. The van der Waals surface area contributed by atoms with Crippen LogP contribution in [0.2, 0.25) is 0 Å². The third kappa shape index (κ3) is 36.3. The summed E-state index contributed by atoms with van der Waals surface area (Å²) in [5.41, 5.74) is 23.3. The van der Waals surface area contributed by atoms with Gasteiger partial charge in [-0.25, -0.2) is 4.79 Å². The molecule has 15 atom stereocenters. The number of primary amides is 1. The lowest BCUT2D eigenvalue weighted by molar-refractivity contribution is -0.148. The lowest BCUT2D eigenvalue weighted by atomic mass is 9.95. The number of carbonyl (C=O) groups is 17. The number of hydrogen-bond acceptors (Lipinski definition) is 23. The van der Waals surface area contributed by atoms with E-state index >= 15 is 0 Å².